The zero-order valence-electron chi connectivity index (χ0n) is 22.7. The monoisotopic (exact) mass is 554 g/mol. The van der Waals surface area contributed by atoms with Crippen LogP contribution in [0.5, 0.6) is 0 Å². The van der Waals surface area contributed by atoms with Crippen LogP contribution in [-0.4, -0.2) is 29.5 Å². The van der Waals surface area contributed by atoms with Gasteiger partial charge in [0.05, 0.1) is 5.56 Å². The molecule has 214 valence electrons. The molecule has 1 heterocycles. The summed E-state index contributed by atoms with van der Waals surface area (Å²) in [6.07, 6.45) is -4.13. The minimum Gasteiger partial charge on any atom is -0.295 e. The van der Waals surface area contributed by atoms with Crippen LogP contribution in [0, 0.1) is 5.82 Å². The Bertz CT molecular complexity index is 1270. The molecule has 3 aromatic rings. The van der Waals surface area contributed by atoms with E-state index in [1.807, 2.05) is 18.7 Å². The number of ketones is 1. The molecule has 0 spiro atoms. The number of alkyl halides is 3. The van der Waals surface area contributed by atoms with Crippen LogP contribution in [0.1, 0.15) is 69.7 Å². The van der Waals surface area contributed by atoms with Crippen LogP contribution in [0.3, 0.4) is 0 Å². The average molecular weight is 555 g/mol. The van der Waals surface area contributed by atoms with E-state index >= 15 is 0 Å². The van der Waals surface area contributed by atoms with Crippen LogP contribution in [0.15, 0.2) is 95.1 Å². The van der Waals surface area contributed by atoms with Gasteiger partial charge >= 0.3 is 6.18 Å². The summed E-state index contributed by atoms with van der Waals surface area (Å²) in [5.74, 6) is -0.878. The summed E-state index contributed by atoms with van der Waals surface area (Å²) in [5.41, 5.74) is 4.12. The topological polar surface area (TPSA) is 32.7 Å². The van der Waals surface area contributed by atoms with E-state index in [1.165, 1.54) is 24.1 Å². The summed E-state index contributed by atoms with van der Waals surface area (Å²) in [5, 5.41) is 0. The van der Waals surface area contributed by atoms with Gasteiger partial charge in [-0.15, -0.1) is 0 Å². The molecule has 40 heavy (non-hydrogen) atoms. The highest BCUT2D eigenvalue weighted by molar-refractivity contribution is 5.95. The van der Waals surface area contributed by atoms with Crippen molar-refractivity contribution in [1.82, 2.24) is 4.90 Å². The van der Waals surface area contributed by atoms with Crippen molar-refractivity contribution in [3.8, 4) is 0 Å². The maximum absolute atomic E-state index is 13.7. The Morgan fingerprint density at radius 1 is 0.925 bits per heavy atom. The van der Waals surface area contributed by atoms with Gasteiger partial charge in [0, 0.05) is 49.0 Å². The molecule has 0 N–H and O–H groups in total. The molecule has 3 aromatic carbocycles. The molecule has 0 radical (unpaired) electrons. The van der Waals surface area contributed by atoms with Gasteiger partial charge in [-0.3, -0.25) is 14.7 Å². The first-order chi connectivity index (χ1) is 18.5. The number of benzene rings is 3. The first kappa shape index (κ1) is 32.6. The summed E-state index contributed by atoms with van der Waals surface area (Å²) >= 11 is 0. The number of halogens is 4. The SMILES string of the molecule is C.CC(=O)C1=C(N=C(C)C)CCN(Cc2ccc(C(F)(F)F)c(F)c2)C1.CC(c1ccccc1)c1ccccc1. The normalized spacial score (nSPS) is 13.7. The Hall–Kier alpha value is -3.58. The highest BCUT2D eigenvalue weighted by atomic mass is 19.4. The molecule has 0 unspecified atom stereocenters. The van der Waals surface area contributed by atoms with Gasteiger partial charge in [0.15, 0.2) is 5.78 Å². The standard InChI is InChI=1S/C18H20F4N2O.C14H14.CH4/c1-11(2)23-17-6-7-24(10-14(17)12(3)25)9-13-4-5-15(16(19)8-13)18(20,21)22;1-12(13-8-4-2-5-9-13)14-10-6-3-7-11-14;/h4-5,8H,6-7,9-10H2,1-3H3;2-12H,1H3;1H4. The molecular formula is C33H38F4N2O. The van der Waals surface area contributed by atoms with Crippen molar-refractivity contribution in [2.45, 2.75) is 60.2 Å². The van der Waals surface area contributed by atoms with Crippen molar-refractivity contribution in [3.63, 3.8) is 0 Å². The predicted octanol–water partition coefficient (Wildman–Crippen LogP) is 8.85. The lowest BCUT2D eigenvalue weighted by molar-refractivity contribution is -0.140. The van der Waals surface area contributed by atoms with E-state index in [2.05, 4.69) is 72.6 Å². The Labute approximate surface area is 235 Å². The van der Waals surface area contributed by atoms with Crippen molar-refractivity contribution < 1.29 is 22.4 Å². The van der Waals surface area contributed by atoms with Crippen LogP contribution >= 0.6 is 0 Å². The maximum atomic E-state index is 13.7. The van der Waals surface area contributed by atoms with Gasteiger partial charge < -0.3 is 0 Å². The first-order valence-electron chi connectivity index (χ1n) is 12.9. The fraction of sp³-hybridized carbons (Fsp3) is 0.333. The molecule has 0 amide bonds. The second-order valence-electron chi connectivity index (χ2n) is 9.86. The Morgan fingerprint density at radius 2 is 1.48 bits per heavy atom. The molecule has 0 atom stereocenters. The van der Waals surface area contributed by atoms with Gasteiger partial charge in [0.25, 0.3) is 0 Å². The van der Waals surface area contributed by atoms with E-state index in [0.29, 0.717) is 36.6 Å². The highest BCUT2D eigenvalue weighted by Crippen LogP contribution is 2.32. The van der Waals surface area contributed by atoms with Gasteiger partial charge in [0.1, 0.15) is 5.82 Å². The molecule has 0 bridgehead atoms. The fourth-order valence-corrected chi connectivity index (χ4v) is 4.47. The van der Waals surface area contributed by atoms with E-state index in [4.69, 9.17) is 0 Å². The molecule has 0 aromatic heterocycles. The van der Waals surface area contributed by atoms with Gasteiger partial charge in [-0.1, -0.05) is 81.1 Å². The van der Waals surface area contributed by atoms with E-state index in [0.717, 1.165) is 23.5 Å². The third kappa shape index (κ3) is 9.26. The third-order valence-electron chi connectivity index (χ3n) is 6.52. The number of Topliss-reactive ketones (excluding diaryl/α,β-unsaturated/α-hetero) is 1. The van der Waals surface area contributed by atoms with Crippen LogP contribution in [0.25, 0.3) is 0 Å². The van der Waals surface area contributed by atoms with E-state index in [-0.39, 0.29) is 19.8 Å². The van der Waals surface area contributed by atoms with Crippen LogP contribution in [0.2, 0.25) is 0 Å². The molecule has 1 aliphatic rings. The van der Waals surface area contributed by atoms with Crippen molar-refractivity contribution >= 4 is 11.5 Å². The summed E-state index contributed by atoms with van der Waals surface area (Å²) in [7, 11) is 0. The quantitative estimate of drug-likeness (QED) is 0.225. The van der Waals surface area contributed by atoms with Gasteiger partial charge in [-0.2, -0.15) is 13.2 Å². The molecule has 0 saturated carbocycles. The first-order valence-corrected chi connectivity index (χ1v) is 12.9. The maximum Gasteiger partial charge on any atom is 0.419 e. The van der Waals surface area contributed by atoms with Gasteiger partial charge in [0.2, 0.25) is 0 Å². The van der Waals surface area contributed by atoms with Crippen LogP contribution in [0.4, 0.5) is 17.6 Å². The number of hydrogen-bond donors (Lipinski definition) is 0. The van der Waals surface area contributed by atoms with Crippen LogP contribution < -0.4 is 0 Å². The number of aliphatic imine (C=N–C) groups is 1. The molecule has 1 aliphatic heterocycles. The highest BCUT2D eigenvalue weighted by Gasteiger charge is 2.34. The Balaban J connectivity index is 0.000000316. The van der Waals surface area contributed by atoms with Crippen molar-refractivity contribution in [3.05, 3.63) is 118 Å². The average Bonchev–Trinajstić information content (AvgIpc) is 2.89. The van der Waals surface area contributed by atoms with E-state index < -0.39 is 17.6 Å². The predicted molar refractivity (Wildman–Crippen MR) is 155 cm³/mol. The molecule has 0 saturated heterocycles. The van der Waals surface area contributed by atoms with Crippen molar-refractivity contribution in [2.24, 2.45) is 4.99 Å². The second-order valence-corrected chi connectivity index (χ2v) is 9.86. The fourth-order valence-electron chi connectivity index (χ4n) is 4.47. The summed E-state index contributed by atoms with van der Waals surface area (Å²) in [4.78, 5) is 18.2. The van der Waals surface area contributed by atoms with Crippen LogP contribution in [-0.2, 0) is 17.5 Å². The van der Waals surface area contributed by atoms with E-state index in [9.17, 15) is 22.4 Å². The lowest BCUT2D eigenvalue weighted by atomic mass is 9.93. The summed E-state index contributed by atoms with van der Waals surface area (Å²) in [6.45, 7) is 8.63. The number of hydrogen-bond acceptors (Lipinski definition) is 3. The Morgan fingerprint density at radius 3 is 1.93 bits per heavy atom. The molecule has 0 aliphatic carbocycles. The Kier molecular flexibility index (Phi) is 12.0. The number of carbonyl (C=O) groups excluding carboxylic acids is 1. The second kappa shape index (κ2) is 14.7. The minimum absolute atomic E-state index is 0. The zero-order valence-corrected chi connectivity index (χ0v) is 22.7. The molecule has 0 fully saturated rings. The summed E-state index contributed by atoms with van der Waals surface area (Å²) < 4.78 is 51.6. The van der Waals surface area contributed by atoms with Gasteiger partial charge in [-0.05, 0) is 49.6 Å². The summed E-state index contributed by atoms with van der Waals surface area (Å²) in [6, 6.07) is 24.1. The zero-order chi connectivity index (χ0) is 28.6. The number of nitrogens with zero attached hydrogens (tertiary/aromatic N) is 2. The lowest BCUT2D eigenvalue weighted by Gasteiger charge is -2.29. The molecule has 3 nitrogen and oxygen atoms in total. The number of carbonyl (C=O) groups is 1. The van der Waals surface area contributed by atoms with E-state index in [1.54, 1.807) is 0 Å². The smallest absolute Gasteiger partial charge is 0.295 e. The van der Waals surface area contributed by atoms with Gasteiger partial charge in [-0.25, -0.2) is 4.39 Å². The van der Waals surface area contributed by atoms with Crippen molar-refractivity contribution in [2.75, 3.05) is 13.1 Å². The minimum atomic E-state index is -4.71. The largest absolute Gasteiger partial charge is 0.419 e. The lowest BCUT2D eigenvalue weighted by Crippen LogP contribution is -2.33. The molecule has 4 rings (SSSR count). The molecule has 7 heteroatoms. The third-order valence-corrected chi connectivity index (χ3v) is 6.52. The molecular weight excluding hydrogens is 516 g/mol. The van der Waals surface area contributed by atoms with Crippen molar-refractivity contribution in [1.29, 1.82) is 0 Å². The number of rotatable bonds is 6.